The van der Waals surface area contributed by atoms with Crippen LogP contribution < -0.4 is 15.0 Å². The fraction of sp³-hybridized carbons (Fsp3) is 0.227. The molecule has 0 atom stereocenters. The maximum Gasteiger partial charge on any atom is 0.266 e. The van der Waals surface area contributed by atoms with Crippen LogP contribution in [0.25, 0.3) is 6.08 Å². The van der Waals surface area contributed by atoms with Gasteiger partial charge in [-0.1, -0.05) is 12.1 Å². The van der Waals surface area contributed by atoms with Gasteiger partial charge in [-0.3, -0.25) is 4.79 Å². The Kier molecular flexibility index (Phi) is 6.83. The molecule has 1 N–H and O–H groups in total. The highest BCUT2D eigenvalue weighted by atomic mass is 16.5. The van der Waals surface area contributed by atoms with Crippen LogP contribution in [0.3, 0.4) is 0 Å². The standard InChI is InChI=1S/C22H20N4O3/c23-9-12-29-21-7-1-17(2-8-21)15-18(16-24)22(27)25-19-3-5-20(6-4-19)26-10-13-28-14-11-26/h1-8,15H,10-14H2,(H,25,27)/b18-15+. The second-order valence-electron chi connectivity index (χ2n) is 6.29. The number of morpholine rings is 1. The predicted molar refractivity (Wildman–Crippen MR) is 109 cm³/mol. The number of carbonyl (C=O) groups excluding carboxylic acids is 1. The Morgan fingerprint density at radius 3 is 2.41 bits per heavy atom. The summed E-state index contributed by atoms with van der Waals surface area (Å²) in [4.78, 5) is 14.7. The summed E-state index contributed by atoms with van der Waals surface area (Å²) in [5.41, 5.74) is 2.37. The third-order valence-electron chi connectivity index (χ3n) is 4.36. The third kappa shape index (κ3) is 5.58. The molecule has 3 rings (SSSR count). The van der Waals surface area contributed by atoms with Crippen LogP contribution in [0.5, 0.6) is 5.75 Å². The van der Waals surface area contributed by atoms with E-state index in [2.05, 4.69) is 10.2 Å². The van der Waals surface area contributed by atoms with Crippen LogP contribution in [0.15, 0.2) is 54.1 Å². The van der Waals surface area contributed by atoms with E-state index < -0.39 is 5.91 Å². The smallest absolute Gasteiger partial charge is 0.266 e. The normalized spacial score (nSPS) is 13.9. The first-order chi connectivity index (χ1) is 14.2. The molecule has 2 aromatic rings. The molecule has 0 bridgehead atoms. The molecule has 0 radical (unpaired) electrons. The Bertz CT molecular complexity index is 948. The summed E-state index contributed by atoms with van der Waals surface area (Å²) in [6, 6.07) is 18.1. The minimum absolute atomic E-state index is 0.00653. The largest absolute Gasteiger partial charge is 0.479 e. The van der Waals surface area contributed by atoms with Crippen LogP contribution in [0.2, 0.25) is 0 Å². The van der Waals surface area contributed by atoms with Crippen molar-refractivity contribution < 1.29 is 14.3 Å². The lowest BCUT2D eigenvalue weighted by Crippen LogP contribution is -2.36. The monoisotopic (exact) mass is 388 g/mol. The number of benzene rings is 2. The summed E-state index contributed by atoms with van der Waals surface area (Å²) in [7, 11) is 0. The highest BCUT2D eigenvalue weighted by Crippen LogP contribution is 2.20. The molecule has 7 heteroatoms. The summed E-state index contributed by atoms with van der Waals surface area (Å²) in [5.74, 6) is 0.0726. The van der Waals surface area contributed by atoms with Gasteiger partial charge in [0.15, 0.2) is 6.61 Å². The molecule has 0 saturated carbocycles. The maximum absolute atomic E-state index is 12.5. The minimum Gasteiger partial charge on any atom is -0.479 e. The molecule has 1 heterocycles. The SMILES string of the molecule is N#CCOc1ccc(/C=C(\C#N)C(=O)Nc2ccc(N3CCOCC3)cc2)cc1. The highest BCUT2D eigenvalue weighted by molar-refractivity contribution is 6.09. The van der Waals surface area contributed by atoms with E-state index in [9.17, 15) is 10.1 Å². The van der Waals surface area contributed by atoms with Crippen molar-refractivity contribution in [2.75, 3.05) is 43.1 Å². The van der Waals surface area contributed by atoms with E-state index in [0.717, 1.165) is 18.8 Å². The number of nitriles is 2. The van der Waals surface area contributed by atoms with Crippen molar-refractivity contribution in [3.8, 4) is 17.9 Å². The molecular weight excluding hydrogens is 368 g/mol. The minimum atomic E-state index is -0.476. The lowest BCUT2D eigenvalue weighted by atomic mass is 10.1. The number of amides is 1. The van der Waals surface area contributed by atoms with E-state index in [0.29, 0.717) is 30.2 Å². The first kappa shape index (κ1) is 19.9. The highest BCUT2D eigenvalue weighted by Gasteiger charge is 2.12. The zero-order valence-electron chi connectivity index (χ0n) is 15.8. The van der Waals surface area contributed by atoms with Gasteiger partial charge in [-0.15, -0.1) is 0 Å². The number of hydrogen-bond donors (Lipinski definition) is 1. The van der Waals surface area contributed by atoms with E-state index in [1.165, 1.54) is 6.08 Å². The van der Waals surface area contributed by atoms with Gasteiger partial charge in [0, 0.05) is 24.5 Å². The van der Waals surface area contributed by atoms with Gasteiger partial charge in [0.25, 0.3) is 5.91 Å². The Labute approximate surface area is 169 Å². The van der Waals surface area contributed by atoms with Crippen molar-refractivity contribution >= 4 is 23.4 Å². The van der Waals surface area contributed by atoms with Gasteiger partial charge in [0.2, 0.25) is 0 Å². The van der Waals surface area contributed by atoms with Crippen LogP contribution in [0.1, 0.15) is 5.56 Å². The van der Waals surface area contributed by atoms with Crippen molar-refractivity contribution in [2.24, 2.45) is 0 Å². The van der Waals surface area contributed by atoms with E-state index in [1.807, 2.05) is 36.4 Å². The molecule has 1 fully saturated rings. The van der Waals surface area contributed by atoms with E-state index >= 15 is 0 Å². The Morgan fingerprint density at radius 2 is 1.79 bits per heavy atom. The second-order valence-corrected chi connectivity index (χ2v) is 6.29. The molecule has 1 saturated heterocycles. The molecule has 0 aliphatic carbocycles. The van der Waals surface area contributed by atoms with Gasteiger partial charge in [-0.2, -0.15) is 10.5 Å². The molecule has 146 valence electrons. The average Bonchev–Trinajstić information content (AvgIpc) is 2.78. The summed E-state index contributed by atoms with van der Waals surface area (Å²) in [5, 5.41) is 20.6. The molecule has 0 aromatic heterocycles. The van der Waals surface area contributed by atoms with Crippen LogP contribution in [0.4, 0.5) is 11.4 Å². The molecule has 0 spiro atoms. The first-order valence-corrected chi connectivity index (χ1v) is 9.15. The number of nitrogens with one attached hydrogen (secondary N) is 1. The summed E-state index contributed by atoms with van der Waals surface area (Å²) in [6.45, 7) is 3.06. The number of rotatable bonds is 6. The van der Waals surface area contributed by atoms with Gasteiger partial charge < -0.3 is 19.7 Å². The van der Waals surface area contributed by atoms with Gasteiger partial charge >= 0.3 is 0 Å². The molecule has 1 aliphatic rings. The summed E-state index contributed by atoms with van der Waals surface area (Å²) in [6.07, 6.45) is 1.51. The maximum atomic E-state index is 12.5. The number of nitrogens with zero attached hydrogens (tertiary/aromatic N) is 3. The Hall–Kier alpha value is -3.81. The zero-order valence-corrected chi connectivity index (χ0v) is 15.8. The molecule has 29 heavy (non-hydrogen) atoms. The van der Waals surface area contributed by atoms with Crippen LogP contribution in [0, 0.1) is 22.7 Å². The summed E-state index contributed by atoms with van der Waals surface area (Å²) < 4.78 is 10.5. The van der Waals surface area contributed by atoms with Crippen molar-refractivity contribution in [1.82, 2.24) is 0 Å². The number of hydrogen-bond acceptors (Lipinski definition) is 6. The van der Waals surface area contributed by atoms with E-state index in [-0.39, 0.29) is 12.2 Å². The Balaban J connectivity index is 1.64. The van der Waals surface area contributed by atoms with Gasteiger partial charge in [0.1, 0.15) is 23.5 Å². The van der Waals surface area contributed by atoms with Crippen molar-refractivity contribution in [3.63, 3.8) is 0 Å². The molecular formula is C22H20N4O3. The number of anilines is 2. The first-order valence-electron chi connectivity index (χ1n) is 9.15. The number of ether oxygens (including phenoxy) is 2. The second kappa shape index (κ2) is 9.93. The van der Waals surface area contributed by atoms with E-state index in [4.69, 9.17) is 14.7 Å². The molecule has 1 amide bonds. The van der Waals surface area contributed by atoms with Crippen molar-refractivity contribution in [1.29, 1.82) is 10.5 Å². The van der Waals surface area contributed by atoms with Gasteiger partial charge in [0.05, 0.1) is 13.2 Å². The fourth-order valence-electron chi connectivity index (χ4n) is 2.87. The van der Waals surface area contributed by atoms with Crippen LogP contribution >= 0.6 is 0 Å². The number of carbonyl (C=O) groups is 1. The zero-order chi connectivity index (χ0) is 20.5. The summed E-state index contributed by atoms with van der Waals surface area (Å²) >= 11 is 0. The van der Waals surface area contributed by atoms with Crippen molar-refractivity contribution in [3.05, 3.63) is 59.7 Å². The molecule has 1 aliphatic heterocycles. The lowest BCUT2D eigenvalue weighted by molar-refractivity contribution is -0.112. The van der Waals surface area contributed by atoms with Crippen LogP contribution in [-0.4, -0.2) is 38.8 Å². The van der Waals surface area contributed by atoms with Crippen molar-refractivity contribution in [2.45, 2.75) is 0 Å². The average molecular weight is 388 g/mol. The van der Waals surface area contributed by atoms with Gasteiger partial charge in [-0.05, 0) is 48.0 Å². The quantitative estimate of drug-likeness (QED) is 0.603. The van der Waals surface area contributed by atoms with E-state index in [1.54, 1.807) is 24.3 Å². The molecule has 2 aromatic carbocycles. The lowest BCUT2D eigenvalue weighted by Gasteiger charge is -2.28. The third-order valence-corrected chi connectivity index (χ3v) is 4.36. The predicted octanol–water partition coefficient (Wildman–Crippen LogP) is 2.97. The molecule has 7 nitrogen and oxygen atoms in total. The fourth-order valence-corrected chi connectivity index (χ4v) is 2.87. The topological polar surface area (TPSA) is 98.4 Å². The Morgan fingerprint density at radius 1 is 1.10 bits per heavy atom. The van der Waals surface area contributed by atoms with Crippen LogP contribution in [-0.2, 0) is 9.53 Å². The molecule has 0 unspecified atom stereocenters. The van der Waals surface area contributed by atoms with Gasteiger partial charge in [-0.25, -0.2) is 0 Å².